The molecule has 98 valence electrons. The van der Waals surface area contributed by atoms with E-state index in [0.717, 1.165) is 4.82 Å². The zero-order valence-electron chi connectivity index (χ0n) is 12.0. The van der Waals surface area contributed by atoms with Crippen LogP contribution in [0.15, 0.2) is 28.7 Å². The van der Waals surface area contributed by atoms with E-state index >= 15 is 0 Å². The topological polar surface area (TPSA) is 0 Å². The molecule has 1 heteroatoms. The van der Waals surface area contributed by atoms with Gasteiger partial charge in [0.1, 0.15) is 0 Å². The van der Waals surface area contributed by atoms with Crippen LogP contribution >= 0.6 is 0 Å². The Labute approximate surface area is 118 Å². The molecule has 0 saturated carbocycles. The van der Waals surface area contributed by atoms with Crippen LogP contribution in [0.5, 0.6) is 0 Å². The summed E-state index contributed by atoms with van der Waals surface area (Å²) in [7, 11) is 0. The zero-order valence-corrected chi connectivity index (χ0v) is 13.7. The summed E-state index contributed by atoms with van der Waals surface area (Å²) in [6, 6.07) is 9.00. The van der Waals surface area contributed by atoms with Crippen LogP contribution in [-0.2, 0) is 0 Å². The zero-order chi connectivity index (χ0) is 13.2. The summed E-state index contributed by atoms with van der Waals surface area (Å²) < 4.78 is 1.68. The van der Waals surface area contributed by atoms with Gasteiger partial charge in [0.15, 0.2) is 0 Å². The Kier molecular flexibility index (Phi) is 4.35. The van der Waals surface area contributed by atoms with Gasteiger partial charge in [0, 0.05) is 0 Å². The van der Waals surface area contributed by atoms with Gasteiger partial charge in [-0.25, -0.2) is 0 Å². The molecule has 1 aliphatic rings. The number of benzene rings is 1. The van der Waals surface area contributed by atoms with E-state index in [2.05, 4.69) is 58.0 Å². The fraction of sp³-hybridized carbons (Fsp3) is 0.529. The molecule has 0 N–H and O–H groups in total. The third-order valence-electron chi connectivity index (χ3n) is 3.46. The average Bonchev–Trinajstić information content (AvgIpc) is 2.34. The molecule has 1 atom stereocenters. The van der Waals surface area contributed by atoms with Crippen molar-refractivity contribution in [3.63, 3.8) is 0 Å². The molecule has 0 spiro atoms. The third-order valence-corrected chi connectivity index (χ3v) is 7.15. The third kappa shape index (κ3) is 3.08. The predicted molar refractivity (Wildman–Crippen MR) is 81.9 cm³/mol. The molecular formula is C17H24Se. The van der Waals surface area contributed by atoms with Gasteiger partial charge >= 0.3 is 118 Å². The molecule has 0 saturated heterocycles. The van der Waals surface area contributed by atoms with Crippen LogP contribution in [0.4, 0.5) is 0 Å². The maximum absolute atomic E-state index is 2.46. The van der Waals surface area contributed by atoms with Crippen LogP contribution in [0.3, 0.4) is 0 Å². The van der Waals surface area contributed by atoms with Crippen molar-refractivity contribution in [3.8, 4) is 0 Å². The van der Waals surface area contributed by atoms with Crippen molar-refractivity contribution in [2.75, 3.05) is 0 Å². The molecule has 0 aliphatic carbocycles. The van der Waals surface area contributed by atoms with E-state index in [-0.39, 0.29) is 0 Å². The fourth-order valence-electron chi connectivity index (χ4n) is 2.32. The van der Waals surface area contributed by atoms with Gasteiger partial charge in [0.2, 0.25) is 0 Å². The summed E-state index contributed by atoms with van der Waals surface area (Å²) in [5.74, 6) is 0. The molecule has 0 fully saturated rings. The van der Waals surface area contributed by atoms with Crippen LogP contribution in [-0.4, -0.2) is 15.0 Å². The van der Waals surface area contributed by atoms with E-state index < -0.39 is 0 Å². The Morgan fingerprint density at radius 2 is 1.89 bits per heavy atom. The SMILES string of the molecule is CCCCC1[Se]C(C(C)(C)C)=Cc2ccccc21. The quantitative estimate of drug-likeness (QED) is 0.688. The maximum atomic E-state index is 2.46. The molecule has 0 aromatic heterocycles. The fourth-order valence-corrected chi connectivity index (χ4v) is 5.43. The Morgan fingerprint density at radius 3 is 2.56 bits per heavy atom. The molecule has 1 heterocycles. The van der Waals surface area contributed by atoms with Gasteiger partial charge in [0.05, 0.1) is 0 Å². The van der Waals surface area contributed by atoms with E-state index in [4.69, 9.17) is 0 Å². The minimum absolute atomic E-state index is 0.331. The van der Waals surface area contributed by atoms with Crippen LogP contribution in [0.25, 0.3) is 6.08 Å². The van der Waals surface area contributed by atoms with Crippen LogP contribution in [0.1, 0.15) is 62.9 Å². The van der Waals surface area contributed by atoms with Gasteiger partial charge in [-0.2, -0.15) is 0 Å². The summed E-state index contributed by atoms with van der Waals surface area (Å²) in [4.78, 5) is 0.799. The summed E-state index contributed by atoms with van der Waals surface area (Å²) in [5.41, 5.74) is 3.40. The molecular weight excluding hydrogens is 283 g/mol. The van der Waals surface area contributed by atoms with Crippen molar-refractivity contribution >= 4 is 21.0 Å². The molecule has 0 bridgehead atoms. The van der Waals surface area contributed by atoms with E-state index in [9.17, 15) is 0 Å². The number of unbranched alkanes of at least 4 members (excludes halogenated alkanes) is 1. The standard InChI is InChI=1S/C17H24Se/c1-5-6-11-15-14-10-8-7-9-13(14)12-16(18-15)17(2,3)4/h7-10,12,15H,5-6,11H2,1-4H3. The van der Waals surface area contributed by atoms with Crippen LogP contribution < -0.4 is 0 Å². The number of fused-ring (bicyclic) bond motifs is 1. The minimum atomic E-state index is 0.331. The van der Waals surface area contributed by atoms with Crippen molar-refractivity contribution < 1.29 is 0 Å². The first-order valence-electron chi connectivity index (χ1n) is 7.00. The summed E-state index contributed by atoms with van der Waals surface area (Å²) >= 11 is 0.627. The van der Waals surface area contributed by atoms with Crippen molar-refractivity contribution in [1.82, 2.24) is 0 Å². The predicted octanol–water partition coefficient (Wildman–Crippen LogP) is 5.02. The van der Waals surface area contributed by atoms with Crippen LogP contribution in [0, 0.1) is 5.41 Å². The van der Waals surface area contributed by atoms with E-state index in [0.29, 0.717) is 20.4 Å². The summed E-state index contributed by atoms with van der Waals surface area (Å²) in [5, 5.41) is 0. The average molecular weight is 307 g/mol. The van der Waals surface area contributed by atoms with Crippen molar-refractivity contribution in [1.29, 1.82) is 0 Å². The van der Waals surface area contributed by atoms with E-state index in [1.807, 2.05) is 0 Å². The molecule has 0 radical (unpaired) electrons. The molecule has 1 aromatic rings. The number of hydrogen-bond donors (Lipinski definition) is 0. The summed E-state index contributed by atoms with van der Waals surface area (Å²) in [6.07, 6.45) is 6.49. The van der Waals surface area contributed by atoms with Gasteiger partial charge in [0.25, 0.3) is 0 Å². The van der Waals surface area contributed by atoms with Crippen LogP contribution in [0.2, 0.25) is 0 Å². The number of allylic oxidation sites excluding steroid dienone is 1. The molecule has 1 aliphatic heterocycles. The van der Waals surface area contributed by atoms with Gasteiger partial charge in [-0.1, -0.05) is 0 Å². The Bertz CT molecular complexity index is 437. The van der Waals surface area contributed by atoms with Crippen molar-refractivity contribution in [2.45, 2.75) is 51.8 Å². The molecule has 0 amide bonds. The second-order valence-electron chi connectivity index (χ2n) is 6.14. The first kappa shape index (κ1) is 13.9. The Balaban J connectivity index is 2.33. The Hall–Kier alpha value is -0.521. The van der Waals surface area contributed by atoms with E-state index in [1.54, 1.807) is 10.0 Å². The van der Waals surface area contributed by atoms with E-state index in [1.165, 1.54) is 24.8 Å². The second kappa shape index (κ2) is 5.63. The van der Waals surface area contributed by atoms with Gasteiger partial charge in [-0.3, -0.25) is 0 Å². The first-order chi connectivity index (χ1) is 8.52. The molecule has 1 unspecified atom stereocenters. The van der Waals surface area contributed by atoms with Crippen molar-refractivity contribution in [3.05, 3.63) is 39.9 Å². The Morgan fingerprint density at radius 1 is 1.17 bits per heavy atom. The second-order valence-corrected chi connectivity index (χ2v) is 8.75. The van der Waals surface area contributed by atoms with Gasteiger partial charge in [-0.15, -0.1) is 0 Å². The molecule has 1 aromatic carbocycles. The summed E-state index contributed by atoms with van der Waals surface area (Å²) in [6.45, 7) is 9.35. The molecule has 18 heavy (non-hydrogen) atoms. The van der Waals surface area contributed by atoms with Gasteiger partial charge in [-0.05, 0) is 0 Å². The molecule has 2 rings (SSSR count). The van der Waals surface area contributed by atoms with Gasteiger partial charge < -0.3 is 0 Å². The normalized spacial score (nSPS) is 19.3. The number of rotatable bonds is 3. The molecule has 0 nitrogen and oxygen atoms in total. The first-order valence-corrected chi connectivity index (χ1v) is 8.84. The van der Waals surface area contributed by atoms with Crippen molar-refractivity contribution in [2.24, 2.45) is 5.41 Å². The number of hydrogen-bond acceptors (Lipinski definition) is 0. The monoisotopic (exact) mass is 308 g/mol.